The second-order valence-corrected chi connectivity index (χ2v) is 3.80. The van der Waals surface area contributed by atoms with Crippen LogP contribution in [0, 0.1) is 5.92 Å². The molecule has 0 spiro atoms. The average Bonchev–Trinajstić information content (AvgIpc) is 2.55. The summed E-state index contributed by atoms with van der Waals surface area (Å²) in [6, 6.07) is 0.751. The molecule has 0 aromatic heterocycles. The van der Waals surface area contributed by atoms with Gasteiger partial charge in [-0.05, 0) is 31.7 Å². The minimum absolute atomic E-state index is 0.372. The smallest absolute Gasteiger partial charge is 0.0471 e. The summed E-state index contributed by atoms with van der Waals surface area (Å²) in [5, 5.41) is 8.98. The monoisotopic (exact) mass is 171 g/mol. The highest BCUT2D eigenvalue weighted by atomic mass is 16.3. The SMILES string of the molecule is CCC(CC)N1CCC(CO)C1. The Labute approximate surface area is 75.6 Å². The summed E-state index contributed by atoms with van der Waals surface area (Å²) in [5.74, 6) is 0.547. The average molecular weight is 171 g/mol. The van der Waals surface area contributed by atoms with E-state index in [-0.39, 0.29) is 0 Å². The Kier molecular flexibility index (Phi) is 4.02. The number of nitrogens with zero attached hydrogens (tertiary/aromatic N) is 1. The molecule has 2 nitrogen and oxygen atoms in total. The van der Waals surface area contributed by atoms with Crippen molar-refractivity contribution < 1.29 is 5.11 Å². The molecule has 0 aliphatic carbocycles. The van der Waals surface area contributed by atoms with Gasteiger partial charge in [0.1, 0.15) is 0 Å². The topological polar surface area (TPSA) is 23.5 Å². The summed E-state index contributed by atoms with van der Waals surface area (Å²) in [6.07, 6.45) is 3.68. The van der Waals surface area contributed by atoms with E-state index in [1.807, 2.05) is 0 Å². The minimum Gasteiger partial charge on any atom is -0.396 e. The van der Waals surface area contributed by atoms with Gasteiger partial charge in [-0.15, -0.1) is 0 Å². The van der Waals surface area contributed by atoms with E-state index in [1.54, 1.807) is 0 Å². The molecule has 0 aromatic carbocycles. The van der Waals surface area contributed by atoms with Crippen molar-refractivity contribution in [2.45, 2.75) is 39.2 Å². The molecular weight excluding hydrogens is 150 g/mol. The van der Waals surface area contributed by atoms with Crippen molar-refractivity contribution in [3.63, 3.8) is 0 Å². The zero-order valence-corrected chi connectivity index (χ0v) is 8.29. The van der Waals surface area contributed by atoms with E-state index in [2.05, 4.69) is 18.7 Å². The van der Waals surface area contributed by atoms with Crippen molar-refractivity contribution in [3.8, 4) is 0 Å². The van der Waals surface area contributed by atoms with Gasteiger partial charge in [0.2, 0.25) is 0 Å². The van der Waals surface area contributed by atoms with Crippen LogP contribution in [0.15, 0.2) is 0 Å². The maximum absolute atomic E-state index is 8.98. The van der Waals surface area contributed by atoms with Gasteiger partial charge in [0.25, 0.3) is 0 Å². The molecule has 0 saturated carbocycles. The molecular formula is C10H21NO. The lowest BCUT2D eigenvalue weighted by atomic mass is 10.1. The number of likely N-dealkylation sites (tertiary alicyclic amines) is 1. The van der Waals surface area contributed by atoms with Crippen molar-refractivity contribution in [1.82, 2.24) is 4.90 Å². The molecule has 0 bridgehead atoms. The van der Waals surface area contributed by atoms with E-state index in [9.17, 15) is 0 Å². The molecule has 1 heterocycles. The zero-order chi connectivity index (χ0) is 8.97. The molecule has 0 amide bonds. The summed E-state index contributed by atoms with van der Waals surface area (Å²) >= 11 is 0. The number of hydrogen-bond donors (Lipinski definition) is 1. The number of hydrogen-bond acceptors (Lipinski definition) is 2. The highest BCUT2D eigenvalue weighted by Gasteiger charge is 2.25. The van der Waals surface area contributed by atoms with Crippen molar-refractivity contribution in [3.05, 3.63) is 0 Å². The molecule has 1 N–H and O–H groups in total. The van der Waals surface area contributed by atoms with E-state index >= 15 is 0 Å². The Morgan fingerprint density at radius 1 is 1.42 bits per heavy atom. The minimum atomic E-state index is 0.372. The van der Waals surface area contributed by atoms with Gasteiger partial charge in [0.15, 0.2) is 0 Å². The van der Waals surface area contributed by atoms with Gasteiger partial charge in [-0.25, -0.2) is 0 Å². The van der Waals surface area contributed by atoms with E-state index < -0.39 is 0 Å². The molecule has 72 valence electrons. The largest absolute Gasteiger partial charge is 0.396 e. The van der Waals surface area contributed by atoms with E-state index in [1.165, 1.54) is 25.8 Å². The van der Waals surface area contributed by atoms with Crippen LogP contribution in [0.4, 0.5) is 0 Å². The summed E-state index contributed by atoms with van der Waals surface area (Å²) < 4.78 is 0. The second kappa shape index (κ2) is 4.83. The van der Waals surface area contributed by atoms with Gasteiger partial charge in [-0.3, -0.25) is 0 Å². The fraction of sp³-hybridized carbons (Fsp3) is 1.00. The third-order valence-corrected chi connectivity index (χ3v) is 3.03. The normalized spacial score (nSPS) is 25.5. The number of rotatable bonds is 4. The molecule has 1 aliphatic heterocycles. The Balaban J connectivity index is 2.34. The first-order valence-corrected chi connectivity index (χ1v) is 5.16. The van der Waals surface area contributed by atoms with E-state index in [4.69, 9.17) is 5.11 Å². The van der Waals surface area contributed by atoms with Crippen LogP contribution in [-0.4, -0.2) is 35.7 Å². The highest BCUT2D eigenvalue weighted by Crippen LogP contribution is 2.20. The summed E-state index contributed by atoms with van der Waals surface area (Å²) in [5.41, 5.74) is 0. The molecule has 0 radical (unpaired) electrons. The van der Waals surface area contributed by atoms with Crippen LogP contribution in [0.3, 0.4) is 0 Å². The molecule has 1 fully saturated rings. The van der Waals surface area contributed by atoms with Crippen LogP contribution in [0.5, 0.6) is 0 Å². The third kappa shape index (κ3) is 2.20. The maximum atomic E-state index is 8.98. The van der Waals surface area contributed by atoms with Crippen molar-refractivity contribution in [1.29, 1.82) is 0 Å². The standard InChI is InChI=1S/C10H21NO/c1-3-10(4-2)11-6-5-9(7-11)8-12/h9-10,12H,3-8H2,1-2H3. The van der Waals surface area contributed by atoms with Gasteiger partial charge < -0.3 is 10.0 Å². The van der Waals surface area contributed by atoms with E-state index in [0.717, 1.165) is 12.6 Å². The summed E-state index contributed by atoms with van der Waals surface area (Å²) in [7, 11) is 0. The number of aliphatic hydroxyl groups is 1. The lowest BCUT2D eigenvalue weighted by molar-refractivity contribution is 0.192. The molecule has 1 aliphatic rings. The number of aliphatic hydroxyl groups excluding tert-OH is 1. The van der Waals surface area contributed by atoms with Gasteiger partial charge >= 0.3 is 0 Å². The first kappa shape index (κ1) is 10.0. The van der Waals surface area contributed by atoms with Gasteiger partial charge in [-0.1, -0.05) is 13.8 Å². The maximum Gasteiger partial charge on any atom is 0.0471 e. The van der Waals surface area contributed by atoms with Gasteiger partial charge in [0, 0.05) is 19.2 Å². The Morgan fingerprint density at radius 3 is 2.50 bits per heavy atom. The van der Waals surface area contributed by atoms with Crippen LogP contribution in [0.1, 0.15) is 33.1 Å². The third-order valence-electron chi connectivity index (χ3n) is 3.03. The second-order valence-electron chi connectivity index (χ2n) is 3.80. The summed E-state index contributed by atoms with van der Waals surface area (Å²) in [4.78, 5) is 2.53. The van der Waals surface area contributed by atoms with Crippen LogP contribution in [0.2, 0.25) is 0 Å². The van der Waals surface area contributed by atoms with Crippen LogP contribution in [-0.2, 0) is 0 Å². The van der Waals surface area contributed by atoms with Gasteiger partial charge in [-0.2, -0.15) is 0 Å². The Morgan fingerprint density at radius 2 is 2.08 bits per heavy atom. The van der Waals surface area contributed by atoms with Crippen LogP contribution < -0.4 is 0 Å². The van der Waals surface area contributed by atoms with Crippen molar-refractivity contribution >= 4 is 0 Å². The lowest BCUT2D eigenvalue weighted by Gasteiger charge is -2.25. The van der Waals surface area contributed by atoms with E-state index in [0.29, 0.717) is 12.5 Å². The van der Waals surface area contributed by atoms with Crippen molar-refractivity contribution in [2.75, 3.05) is 19.7 Å². The molecule has 0 aromatic rings. The van der Waals surface area contributed by atoms with Crippen LogP contribution >= 0.6 is 0 Å². The zero-order valence-electron chi connectivity index (χ0n) is 8.29. The molecule has 1 saturated heterocycles. The predicted molar refractivity (Wildman–Crippen MR) is 51.1 cm³/mol. The van der Waals surface area contributed by atoms with Crippen LogP contribution in [0.25, 0.3) is 0 Å². The fourth-order valence-electron chi connectivity index (χ4n) is 2.15. The molecule has 12 heavy (non-hydrogen) atoms. The first-order chi connectivity index (χ1) is 5.81. The molecule has 1 atom stereocenters. The molecule has 1 rings (SSSR count). The fourth-order valence-corrected chi connectivity index (χ4v) is 2.15. The first-order valence-electron chi connectivity index (χ1n) is 5.16. The Hall–Kier alpha value is -0.0800. The Bertz CT molecular complexity index is 123. The molecule has 1 unspecified atom stereocenters. The summed E-state index contributed by atoms with van der Waals surface area (Å²) in [6.45, 7) is 7.18. The quantitative estimate of drug-likeness (QED) is 0.692. The highest BCUT2D eigenvalue weighted by molar-refractivity contribution is 4.79. The van der Waals surface area contributed by atoms with Crippen molar-refractivity contribution in [2.24, 2.45) is 5.92 Å². The molecule has 2 heteroatoms. The van der Waals surface area contributed by atoms with Gasteiger partial charge in [0.05, 0.1) is 0 Å². The lowest BCUT2D eigenvalue weighted by Crippen LogP contribution is -2.32. The predicted octanol–water partition coefficient (Wildman–Crippen LogP) is 1.49.